The maximum atomic E-state index is 9.76. The Morgan fingerprint density at radius 1 is 1.26 bits per heavy atom. The summed E-state index contributed by atoms with van der Waals surface area (Å²) in [6.07, 6.45) is 3.12. The lowest BCUT2D eigenvalue weighted by atomic mass is 9.63. The first kappa shape index (κ1) is 13.4. The van der Waals surface area contributed by atoms with E-state index < -0.39 is 0 Å². The first-order chi connectivity index (χ1) is 8.96. The van der Waals surface area contributed by atoms with Gasteiger partial charge in [-0.25, -0.2) is 0 Å². The standard InChI is InChI=1S/C16H22ClNO/c1-16(2)14(9-15(16)19)18-13-7-11(8-13)10-4-3-5-12(17)6-10/h3-6,11,13-15,18-19H,7-9H2,1-2H3. The lowest BCUT2D eigenvalue weighted by Gasteiger charge is -2.53. The van der Waals surface area contributed by atoms with E-state index in [1.807, 2.05) is 12.1 Å². The predicted octanol–water partition coefficient (Wildman–Crippen LogP) is 3.34. The zero-order chi connectivity index (χ0) is 13.6. The minimum Gasteiger partial charge on any atom is -0.392 e. The minimum absolute atomic E-state index is 0.0289. The van der Waals surface area contributed by atoms with Crippen LogP contribution in [0.5, 0.6) is 0 Å². The Kier molecular flexibility index (Phi) is 3.36. The summed E-state index contributed by atoms with van der Waals surface area (Å²) in [6.45, 7) is 4.29. The highest BCUT2D eigenvalue weighted by Crippen LogP contribution is 2.44. The molecule has 0 heterocycles. The molecule has 2 fully saturated rings. The van der Waals surface area contributed by atoms with Crippen molar-refractivity contribution in [1.29, 1.82) is 0 Å². The summed E-state index contributed by atoms with van der Waals surface area (Å²) < 4.78 is 0. The molecule has 0 spiro atoms. The number of rotatable bonds is 3. The number of nitrogens with one attached hydrogen (secondary N) is 1. The Labute approximate surface area is 120 Å². The summed E-state index contributed by atoms with van der Waals surface area (Å²) in [5.74, 6) is 0.643. The van der Waals surface area contributed by atoms with E-state index in [0.29, 0.717) is 18.0 Å². The van der Waals surface area contributed by atoms with E-state index in [9.17, 15) is 5.11 Å². The summed E-state index contributed by atoms with van der Waals surface area (Å²) in [6, 6.07) is 9.28. The van der Waals surface area contributed by atoms with Crippen LogP contribution in [0.3, 0.4) is 0 Å². The molecule has 2 aliphatic rings. The van der Waals surface area contributed by atoms with E-state index in [-0.39, 0.29) is 11.5 Å². The van der Waals surface area contributed by atoms with Gasteiger partial charge in [-0.3, -0.25) is 0 Å². The third-order valence-electron chi connectivity index (χ3n) is 5.11. The maximum absolute atomic E-state index is 9.76. The molecule has 3 rings (SSSR count). The van der Waals surface area contributed by atoms with Gasteiger partial charge in [-0.05, 0) is 42.9 Å². The number of aliphatic hydroxyl groups excluding tert-OH is 1. The Hall–Kier alpha value is -0.570. The van der Waals surface area contributed by atoms with Crippen molar-refractivity contribution in [3.05, 3.63) is 34.9 Å². The van der Waals surface area contributed by atoms with E-state index in [4.69, 9.17) is 11.6 Å². The van der Waals surface area contributed by atoms with Crippen LogP contribution in [-0.2, 0) is 0 Å². The summed E-state index contributed by atoms with van der Waals surface area (Å²) in [4.78, 5) is 0. The van der Waals surface area contributed by atoms with Crippen molar-refractivity contribution in [2.45, 2.75) is 57.2 Å². The minimum atomic E-state index is -0.145. The van der Waals surface area contributed by atoms with Gasteiger partial charge in [0.05, 0.1) is 6.10 Å². The molecule has 0 amide bonds. The highest BCUT2D eigenvalue weighted by Gasteiger charge is 2.48. The molecule has 0 bridgehead atoms. The molecule has 1 aromatic carbocycles. The quantitative estimate of drug-likeness (QED) is 0.889. The van der Waals surface area contributed by atoms with E-state index in [0.717, 1.165) is 11.4 Å². The molecule has 2 atom stereocenters. The first-order valence-corrected chi connectivity index (χ1v) is 7.54. The Morgan fingerprint density at radius 2 is 2.00 bits per heavy atom. The number of aliphatic hydroxyl groups is 1. The van der Waals surface area contributed by atoms with Gasteiger partial charge in [0.25, 0.3) is 0 Å². The average molecular weight is 280 g/mol. The third kappa shape index (κ3) is 2.42. The second-order valence-electron chi connectivity index (χ2n) is 6.71. The molecule has 19 heavy (non-hydrogen) atoms. The van der Waals surface area contributed by atoms with Gasteiger partial charge in [0.15, 0.2) is 0 Å². The van der Waals surface area contributed by atoms with E-state index in [1.165, 1.54) is 18.4 Å². The number of halogens is 1. The molecule has 0 radical (unpaired) electrons. The van der Waals surface area contributed by atoms with Gasteiger partial charge in [0.2, 0.25) is 0 Å². The molecule has 2 aliphatic carbocycles. The first-order valence-electron chi connectivity index (χ1n) is 7.16. The van der Waals surface area contributed by atoms with Crippen molar-refractivity contribution in [1.82, 2.24) is 5.32 Å². The second-order valence-corrected chi connectivity index (χ2v) is 7.15. The van der Waals surface area contributed by atoms with Gasteiger partial charge in [-0.2, -0.15) is 0 Å². The highest BCUT2D eigenvalue weighted by atomic mass is 35.5. The normalized spacial score (nSPS) is 36.4. The van der Waals surface area contributed by atoms with Crippen molar-refractivity contribution in [3.63, 3.8) is 0 Å². The van der Waals surface area contributed by atoms with Crippen molar-refractivity contribution >= 4 is 11.6 Å². The van der Waals surface area contributed by atoms with Crippen LogP contribution >= 0.6 is 11.6 Å². The summed E-state index contributed by atoms with van der Waals surface area (Å²) in [5.41, 5.74) is 1.39. The summed E-state index contributed by atoms with van der Waals surface area (Å²) >= 11 is 6.03. The highest BCUT2D eigenvalue weighted by molar-refractivity contribution is 6.30. The smallest absolute Gasteiger partial charge is 0.0621 e. The van der Waals surface area contributed by atoms with Crippen LogP contribution in [0.2, 0.25) is 5.02 Å². The van der Waals surface area contributed by atoms with Gasteiger partial charge < -0.3 is 10.4 Å². The van der Waals surface area contributed by atoms with E-state index >= 15 is 0 Å². The van der Waals surface area contributed by atoms with Crippen molar-refractivity contribution in [3.8, 4) is 0 Å². The van der Waals surface area contributed by atoms with Crippen molar-refractivity contribution in [2.75, 3.05) is 0 Å². The van der Waals surface area contributed by atoms with Crippen molar-refractivity contribution < 1.29 is 5.11 Å². The SMILES string of the molecule is CC1(C)C(O)CC1NC1CC(c2cccc(Cl)c2)C1. The third-order valence-corrected chi connectivity index (χ3v) is 5.35. The van der Waals surface area contributed by atoms with Gasteiger partial charge in [-0.1, -0.05) is 37.6 Å². The second kappa shape index (κ2) is 4.76. The van der Waals surface area contributed by atoms with Crippen LogP contribution in [0.1, 0.15) is 44.6 Å². The molecular weight excluding hydrogens is 258 g/mol. The Bertz CT molecular complexity index is 468. The number of benzene rings is 1. The zero-order valence-corrected chi connectivity index (χ0v) is 12.3. The topological polar surface area (TPSA) is 32.3 Å². The van der Waals surface area contributed by atoms with Crippen LogP contribution in [-0.4, -0.2) is 23.3 Å². The molecule has 2 saturated carbocycles. The van der Waals surface area contributed by atoms with Crippen LogP contribution < -0.4 is 5.32 Å². The van der Waals surface area contributed by atoms with Crippen molar-refractivity contribution in [2.24, 2.45) is 5.41 Å². The van der Waals surface area contributed by atoms with E-state index in [1.54, 1.807) is 0 Å². The average Bonchev–Trinajstić information content (AvgIpc) is 2.31. The zero-order valence-electron chi connectivity index (χ0n) is 11.6. The lowest BCUT2D eigenvalue weighted by molar-refractivity contribution is -0.0793. The molecule has 104 valence electrons. The molecule has 0 aromatic heterocycles. The van der Waals surface area contributed by atoms with E-state index in [2.05, 4.69) is 31.3 Å². The molecule has 0 aliphatic heterocycles. The van der Waals surface area contributed by atoms with Crippen LogP contribution in [0.15, 0.2) is 24.3 Å². The molecule has 2 N–H and O–H groups in total. The predicted molar refractivity (Wildman–Crippen MR) is 78.5 cm³/mol. The van der Waals surface area contributed by atoms with Gasteiger partial charge in [0.1, 0.15) is 0 Å². The summed E-state index contributed by atoms with van der Waals surface area (Å²) in [7, 11) is 0. The number of hydrogen-bond acceptors (Lipinski definition) is 2. The molecule has 2 unspecified atom stereocenters. The molecule has 3 heteroatoms. The molecule has 0 saturated heterocycles. The molecular formula is C16H22ClNO. The van der Waals surface area contributed by atoms with Gasteiger partial charge in [0, 0.05) is 22.5 Å². The van der Waals surface area contributed by atoms with Crippen LogP contribution in [0, 0.1) is 5.41 Å². The van der Waals surface area contributed by atoms with Gasteiger partial charge in [-0.15, -0.1) is 0 Å². The fourth-order valence-electron chi connectivity index (χ4n) is 3.26. The monoisotopic (exact) mass is 279 g/mol. The molecule has 1 aromatic rings. The number of hydrogen-bond donors (Lipinski definition) is 2. The fourth-order valence-corrected chi connectivity index (χ4v) is 3.46. The van der Waals surface area contributed by atoms with Crippen LogP contribution in [0.25, 0.3) is 0 Å². The fraction of sp³-hybridized carbons (Fsp3) is 0.625. The van der Waals surface area contributed by atoms with Gasteiger partial charge >= 0.3 is 0 Å². The summed E-state index contributed by atoms with van der Waals surface area (Å²) in [5, 5.41) is 14.3. The lowest BCUT2D eigenvalue weighted by Crippen LogP contribution is -2.63. The largest absolute Gasteiger partial charge is 0.392 e. The maximum Gasteiger partial charge on any atom is 0.0621 e. The molecule has 2 nitrogen and oxygen atoms in total. The Balaban J connectivity index is 1.51. The van der Waals surface area contributed by atoms with Crippen LogP contribution in [0.4, 0.5) is 0 Å². The Morgan fingerprint density at radius 3 is 2.58 bits per heavy atom.